The van der Waals surface area contributed by atoms with E-state index in [2.05, 4.69) is 21.3 Å². The second kappa shape index (κ2) is 6.47. The summed E-state index contributed by atoms with van der Waals surface area (Å²) in [5.74, 6) is 1.97. The van der Waals surface area contributed by atoms with E-state index in [1.807, 2.05) is 19.1 Å². The highest BCUT2D eigenvalue weighted by atomic mass is 16.1. The lowest BCUT2D eigenvalue weighted by Gasteiger charge is -2.33. The lowest BCUT2D eigenvalue weighted by Crippen LogP contribution is -2.33. The second-order valence-electron chi connectivity index (χ2n) is 7.02. The van der Waals surface area contributed by atoms with Crippen molar-refractivity contribution in [1.29, 1.82) is 0 Å². The van der Waals surface area contributed by atoms with Crippen molar-refractivity contribution in [1.82, 2.24) is 9.97 Å². The fourth-order valence-electron chi connectivity index (χ4n) is 4.05. The van der Waals surface area contributed by atoms with Crippen LogP contribution in [0.1, 0.15) is 48.0 Å². The number of hydrogen-bond acceptors (Lipinski definition) is 4. The lowest BCUT2D eigenvalue weighted by atomic mass is 9.94. The Morgan fingerprint density at radius 1 is 1.12 bits per heavy atom. The summed E-state index contributed by atoms with van der Waals surface area (Å²) in [6, 6.07) is 6.17. The summed E-state index contributed by atoms with van der Waals surface area (Å²) in [4.78, 5) is 23.3. The van der Waals surface area contributed by atoms with Crippen LogP contribution in [0.3, 0.4) is 0 Å². The Bertz CT molecular complexity index is 831. The maximum absolute atomic E-state index is 11.4. The van der Waals surface area contributed by atoms with Gasteiger partial charge in [0.15, 0.2) is 0 Å². The predicted molar refractivity (Wildman–Crippen MR) is 98.9 cm³/mol. The predicted octanol–water partition coefficient (Wildman–Crippen LogP) is 3.18. The summed E-state index contributed by atoms with van der Waals surface area (Å²) >= 11 is 0. The number of benzene rings is 1. The number of carbonyl (C=O) groups excluding carboxylic acids is 1. The van der Waals surface area contributed by atoms with Crippen LogP contribution in [0.25, 0.3) is 0 Å². The quantitative estimate of drug-likeness (QED) is 0.915. The van der Waals surface area contributed by atoms with Gasteiger partial charge in [-0.1, -0.05) is 12.1 Å². The molecule has 0 radical (unpaired) electrons. The standard InChI is InChI=1S/C20H24N4O/c1-13-21-19-8-4-3-7-17(19)20(22-13)24-11-10-16-15(12-24)6-5-9-18(16)23-14(2)25/h5-6,9H,3-4,7-8,10-12H2,1-2H3,(H,23,25). The van der Waals surface area contributed by atoms with Gasteiger partial charge in [0, 0.05) is 37.0 Å². The van der Waals surface area contributed by atoms with Gasteiger partial charge < -0.3 is 10.2 Å². The number of aryl methyl sites for hydroxylation is 2. The van der Waals surface area contributed by atoms with Crippen LogP contribution in [0.4, 0.5) is 11.5 Å². The van der Waals surface area contributed by atoms with Crippen LogP contribution in [-0.2, 0) is 30.6 Å². The smallest absolute Gasteiger partial charge is 0.221 e. The highest BCUT2D eigenvalue weighted by Gasteiger charge is 2.25. The van der Waals surface area contributed by atoms with Crippen molar-refractivity contribution in [3.63, 3.8) is 0 Å². The van der Waals surface area contributed by atoms with Gasteiger partial charge in [0.1, 0.15) is 11.6 Å². The first-order valence-corrected chi connectivity index (χ1v) is 9.11. The minimum atomic E-state index is -0.0173. The Morgan fingerprint density at radius 2 is 1.96 bits per heavy atom. The Morgan fingerprint density at radius 3 is 2.80 bits per heavy atom. The van der Waals surface area contributed by atoms with Crippen LogP contribution in [0.2, 0.25) is 0 Å². The van der Waals surface area contributed by atoms with E-state index in [9.17, 15) is 4.79 Å². The molecule has 2 heterocycles. The number of nitrogens with one attached hydrogen (secondary N) is 1. The first-order chi connectivity index (χ1) is 12.1. The summed E-state index contributed by atoms with van der Waals surface area (Å²) in [6.07, 6.45) is 5.53. The minimum Gasteiger partial charge on any atom is -0.352 e. The van der Waals surface area contributed by atoms with Gasteiger partial charge in [-0.25, -0.2) is 9.97 Å². The van der Waals surface area contributed by atoms with Crippen LogP contribution in [0, 0.1) is 6.92 Å². The van der Waals surface area contributed by atoms with Crippen molar-refractivity contribution in [2.24, 2.45) is 0 Å². The van der Waals surface area contributed by atoms with E-state index in [0.29, 0.717) is 0 Å². The Balaban J connectivity index is 1.68. The summed E-state index contributed by atoms with van der Waals surface area (Å²) in [7, 11) is 0. The first-order valence-electron chi connectivity index (χ1n) is 9.11. The minimum absolute atomic E-state index is 0.0173. The molecule has 0 atom stereocenters. The van der Waals surface area contributed by atoms with Gasteiger partial charge in [-0.3, -0.25) is 4.79 Å². The number of anilines is 2. The molecule has 2 aromatic rings. The molecule has 1 amide bonds. The molecule has 5 heteroatoms. The van der Waals surface area contributed by atoms with E-state index in [4.69, 9.17) is 4.98 Å². The van der Waals surface area contributed by atoms with Gasteiger partial charge in [0.05, 0.1) is 0 Å². The molecule has 4 rings (SSSR count). The maximum Gasteiger partial charge on any atom is 0.221 e. The largest absolute Gasteiger partial charge is 0.352 e. The van der Waals surface area contributed by atoms with Crippen molar-refractivity contribution >= 4 is 17.4 Å². The van der Waals surface area contributed by atoms with Crippen LogP contribution in [0.5, 0.6) is 0 Å². The van der Waals surface area contributed by atoms with E-state index in [1.54, 1.807) is 6.92 Å². The van der Waals surface area contributed by atoms with Gasteiger partial charge in [-0.05, 0) is 56.2 Å². The zero-order valence-electron chi connectivity index (χ0n) is 14.9. The first kappa shape index (κ1) is 16.1. The summed E-state index contributed by atoms with van der Waals surface area (Å²) in [6.45, 7) is 5.31. The fraction of sp³-hybridized carbons (Fsp3) is 0.450. The zero-order valence-corrected chi connectivity index (χ0v) is 14.9. The number of fused-ring (bicyclic) bond motifs is 2. The lowest BCUT2D eigenvalue weighted by molar-refractivity contribution is -0.114. The summed E-state index contributed by atoms with van der Waals surface area (Å²) < 4.78 is 0. The maximum atomic E-state index is 11.4. The third-order valence-electron chi connectivity index (χ3n) is 5.15. The molecular weight excluding hydrogens is 312 g/mol. The molecule has 0 unspecified atom stereocenters. The third kappa shape index (κ3) is 3.11. The third-order valence-corrected chi connectivity index (χ3v) is 5.15. The van der Waals surface area contributed by atoms with Crippen molar-refractivity contribution in [3.05, 3.63) is 46.4 Å². The van der Waals surface area contributed by atoms with E-state index in [0.717, 1.165) is 49.7 Å². The van der Waals surface area contributed by atoms with Gasteiger partial charge in [0.25, 0.3) is 0 Å². The molecule has 0 saturated carbocycles. The number of hydrogen-bond donors (Lipinski definition) is 1. The molecule has 25 heavy (non-hydrogen) atoms. The zero-order chi connectivity index (χ0) is 17.4. The topological polar surface area (TPSA) is 58.1 Å². The molecule has 1 aliphatic heterocycles. The average molecular weight is 336 g/mol. The highest BCUT2D eigenvalue weighted by molar-refractivity contribution is 5.89. The molecular formula is C20H24N4O. The Labute approximate surface area is 148 Å². The number of amides is 1. The summed E-state index contributed by atoms with van der Waals surface area (Å²) in [5.41, 5.74) is 6.07. The second-order valence-corrected chi connectivity index (χ2v) is 7.02. The molecule has 130 valence electrons. The number of rotatable bonds is 2. The monoisotopic (exact) mass is 336 g/mol. The number of nitrogens with zero attached hydrogens (tertiary/aromatic N) is 3. The molecule has 2 aliphatic rings. The summed E-state index contributed by atoms with van der Waals surface area (Å²) in [5, 5.41) is 2.96. The van der Waals surface area contributed by atoms with Gasteiger partial charge in [0.2, 0.25) is 5.91 Å². The number of aromatic nitrogens is 2. The SMILES string of the molecule is CC(=O)Nc1cccc2c1CCN(c1nc(C)nc3c1CCCC3)C2. The van der Waals surface area contributed by atoms with Gasteiger partial charge >= 0.3 is 0 Å². The molecule has 5 nitrogen and oxygen atoms in total. The molecule has 0 fully saturated rings. The fourth-order valence-corrected chi connectivity index (χ4v) is 4.05. The van der Waals surface area contributed by atoms with Gasteiger partial charge in [-0.2, -0.15) is 0 Å². The molecule has 0 saturated heterocycles. The van der Waals surface area contributed by atoms with Gasteiger partial charge in [-0.15, -0.1) is 0 Å². The number of carbonyl (C=O) groups is 1. The Kier molecular flexibility index (Phi) is 4.15. The van der Waals surface area contributed by atoms with Crippen molar-refractivity contribution in [3.8, 4) is 0 Å². The average Bonchev–Trinajstić information content (AvgIpc) is 2.60. The molecule has 1 aliphatic carbocycles. The van der Waals surface area contributed by atoms with Crippen LogP contribution in [0.15, 0.2) is 18.2 Å². The van der Waals surface area contributed by atoms with Crippen LogP contribution in [-0.4, -0.2) is 22.4 Å². The van der Waals surface area contributed by atoms with E-state index in [1.165, 1.54) is 35.2 Å². The highest BCUT2D eigenvalue weighted by Crippen LogP contribution is 2.33. The molecule has 1 aromatic heterocycles. The molecule has 0 bridgehead atoms. The van der Waals surface area contributed by atoms with Crippen LogP contribution >= 0.6 is 0 Å². The van der Waals surface area contributed by atoms with Crippen molar-refractivity contribution in [2.75, 3.05) is 16.8 Å². The Hall–Kier alpha value is -2.43. The molecule has 0 spiro atoms. The normalized spacial score (nSPS) is 16.2. The van der Waals surface area contributed by atoms with E-state index >= 15 is 0 Å². The van der Waals surface area contributed by atoms with Crippen molar-refractivity contribution in [2.45, 2.75) is 52.5 Å². The van der Waals surface area contributed by atoms with Crippen molar-refractivity contribution < 1.29 is 4.79 Å². The molecule has 1 aromatic carbocycles. The molecule has 1 N–H and O–H groups in total. The van der Waals surface area contributed by atoms with E-state index < -0.39 is 0 Å². The van der Waals surface area contributed by atoms with Crippen LogP contribution < -0.4 is 10.2 Å². The van der Waals surface area contributed by atoms with E-state index in [-0.39, 0.29) is 5.91 Å².